The fraction of sp³-hybridized carbons (Fsp3) is 1.00. The van der Waals surface area contributed by atoms with Gasteiger partial charge in [0.05, 0.1) is 26.2 Å². The largest absolute Gasteiger partial charge is 0.326 e. The Hall–Kier alpha value is -0.0800. The van der Waals surface area contributed by atoms with Gasteiger partial charge in [0, 0.05) is 6.54 Å². The molecule has 16 heavy (non-hydrogen) atoms. The summed E-state index contributed by atoms with van der Waals surface area (Å²) in [5, 5.41) is 0. The quantitative estimate of drug-likeness (QED) is 0.541. The molecule has 0 radical (unpaired) electrons. The van der Waals surface area contributed by atoms with Crippen LogP contribution < -0.4 is 5.73 Å². The fourth-order valence-electron chi connectivity index (χ4n) is 2.43. The maximum Gasteiger partial charge on any atom is 0.0911 e. The summed E-state index contributed by atoms with van der Waals surface area (Å²) in [6, 6.07) is 0. The Labute approximate surface area is 103 Å². The van der Waals surface area contributed by atoms with Gasteiger partial charge in [0.25, 0.3) is 0 Å². The summed E-state index contributed by atoms with van der Waals surface area (Å²) >= 11 is 0. The van der Waals surface area contributed by atoms with E-state index in [0.717, 1.165) is 6.54 Å². The summed E-state index contributed by atoms with van der Waals surface area (Å²) in [5.41, 5.74) is 5.81. The molecule has 0 aromatic carbocycles. The summed E-state index contributed by atoms with van der Waals surface area (Å²) in [6.07, 6.45) is 7.99. The molecule has 2 heteroatoms. The Kier molecular flexibility index (Phi) is 10.0. The molecular formula is C14H33N2+. The van der Waals surface area contributed by atoms with Gasteiger partial charge in [0.2, 0.25) is 0 Å². The topological polar surface area (TPSA) is 26.0 Å². The van der Waals surface area contributed by atoms with E-state index in [1.807, 2.05) is 0 Å². The van der Waals surface area contributed by atoms with Gasteiger partial charge in [-0.05, 0) is 19.3 Å². The molecule has 0 bridgehead atoms. The van der Waals surface area contributed by atoms with Crippen molar-refractivity contribution in [3.63, 3.8) is 0 Å². The van der Waals surface area contributed by atoms with Gasteiger partial charge in [-0.3, -0.25) is 0 Å². The van der Waals surface area contributed by atoms with Crippen molar-refractivity contribution in [1.29, 1.82) is 0 Å². The summed E-state index contributed by atoms with van der Waals surface area (Å²) < 4.78 is 1.28. The monoisotopic (exact) mass is 229 g/mol. The SMILES string of the molecule is CCCC[N+](CCN)(CCCC)CCCC. The average Bonchev–Trinajstić information content (AvgIpc) is 2.31. The van der Waals surface area contributed by atoms with Crippen LogP contribution in [0.3, 0.4) is 0 Å². The van der Waals surface area contributed by atoms with Crippen molar-refractivity contribution in [2.45, 2.75) is 59.3 Å². The molecule has 0 amide bonds. The van der Waals surface area contributed by atoms with E-state index in [-0.39, 0.29) is 0 Å². The van der Waals surface area contributed by atoms with Crippen molar-refractivity contribution in [3.8, 4) is 0 Å². The zero-order valence-electron chi connectivity index (χ0n) is 11.8. The minimum atomic E-state index is 0.844. The van der Waals surface area contributed by atoms with Gasteiger partial charge in [-0.2, -0.15) is 0 Å². The Morgan fingerprint density at radius 3 is 1.31 bits per heavy atom. The number of quaternary nitrogens is 1. The van der Waals surface area contributed by atoms with Crippen LogP contribution in [0.25, 0.3) is 0 Å². The van der Waals surface area contributed by atoms with E-state index in [1.54, 1.807) is 0 Å². The first-order valence-corrected chi connectivity index (χ1v) is 7.29. The third kappa shape index (κ3) is 6.49. The Morgan fingerprint density at radius 2 is 1.06 bits per heavy atom. The highest BCUT2D eigenvalue weighted by atomic mass is 15.3. The molecule has 98 valence electrons. The van der Waals surface area contributed by atoms with E-state index in [4.69, 9.17) is 5.73 Å². The van der Waals surface area contributed by atoms with E-state index in [2.05, 4.69) is 20.8 Å². The van der Waals surface area contributed by atoms with Gasteiger partial charge in [-0.1, -0.05) is 40.0 Å². The Bertz CT molecular complexity index is 124. The van der Waals surface area contributed by atoms with Crippen molar-refractivity contribution in [2.75, 3.05) is 32.7 Å². The van der Waals surface area contributed by atoms with E-state index in [1.165, 1.54) is 69.2 Å². The molecule has 0 atom stereocenters. The molecule has 2 nitrogen and oxygen atoms in total. The number of hydrogen-bond acceptors (Lipinski definition) is 1. The Morgan fingerprint density at radius 1 is 0.688 bits per heavy atom. The highest BCUT2D eigenvalue weighted by molar-refractivity contribution is 4.49. The third-order valence-corrected chi connectivity index (χ3v) is 3.56. The molecule has 0 aliphatic heterocycles. The molecule has 0 aliphatic rings. The zero-order valence-corrected chi connectivity index (χ0v) is 11.8. The third-order valence-electron chi connectivity index (χ3n) is 3.56. The minimum absolute atomic E-state index is 0.844. The molecule has 0 saturated heterocycles. The molecule has 0 spiro atoms. The van der Waals surface area contributed by atoms with Crippen LogP contribution in [0.15, 0.2) is 0 Å². The van der Waals surface area contributed by atoms with Crippen molar-refractivity contribution in [2.24, 2.45) is 5.73 Å². The van der Waals surface area contributed by atoms with Crippen LogP contribution in [-0.2, 0) is 0 Å². The molecule has 0 aliphatic carbocycles. The fourth-order valence-corrected chi connectivity index (χ4v) is 2.43. The molecule has 0 aromatic heterocycles. The summed E-state index contributed by atoms with van der Waals surface area (Å²) in [5.74, 6) is 0. The number of rotatable bonds is 11. The maximum atomic E-state index is 5.81. The minimum Gasteiger partial charge on any atom is -0.326 e. The van der Waals surface area contributed by atoms with Crippen LogP contribution >= 0.6 is 0 Å². The second kappa shape index (κ2) is 10.1. The predicted molar refractivity (Wildman–Crippen MR) is 73.5 cm³/mol. The lowest BCUT2D eigenvalue weighted by atomic mass is 10.1. The molecule has 0 unspecified atom stereocenters. The van der Waals surface area contributed by atoms with Crippen LogP contribution in [0.4, 0.5) is 0 Å². The highest BCUT2D eigenvalue weighted by Crippen LogP contribution is 2.13. The van der Waals surface area contributed by atoms with Gasteiger partial charge in [0.1, 0.15) is 0 Å². The van der Waals surface area contributed by atoms with Crippen LogP contribution in [0, 0.1) is 0 Å². The molecule has 2 N–H and O–H groups in total. The first-order chi connectivity index (χ1) is 7.74. The van der Waals surface area contributed by atoms with Gasteiger partial charge in [-0.15, -0.1) is 0 Å². The second-order valence-corrected chi connectivity index (χ2v) is 5.09. The first kappa shape index (κ1) is 15.9. The zero-order chi connectivity index (χ0) is 12.3. The summed E-state index contributed by atoms with van der Waals surface area (Å²) in [6.45, 7) is 12.9. The Balaban J connectivity index is 4.32. The average molecular weight is 229 g/mol. The summed E-state index contributed by atoms with van der Waals surface area (Å²) in [7, 11) is 0. The number of unbranched alkanes of at least 4 members (excludes halogenated alkanes) is 3. The normalized spacial score (nSPS) is 12.0. The van der Waals surface area contributed by atoms with E-state index >= 15 is 0 Å². The van der Waals surface area contributed by atoms with Gasteiger partial charge < -0.3 is 10.2 Å². The van der Waals surface area contributed by atoms with E-state index in [0.29, 0.717) is 0 Å². The number of nitrogens with zero attached hydrogens (tertiary/aromatic N) is 1. The number of nitrogens with two attached hydrogens (primary N) is 1. The van der Waals surface area contributed by atoms with Crippen LogP contribution in [-0.4, -0.2) is 37.2 Å². The standard InChI is InChI=1S/C14H33N2/c1-4-7-11-16(14-10-15,12-8-5-2)13-9-6-3/h4-15H2,1-3H3/q+1. The number of hydrogen-bond donors (Lipinski definition) is 1. The van der Waals surface area contributed by atoms with E-state index in [9.17, 15) is 0 Å². The summed E-state index contributed by atoms with van der Waals surface area (Å²) in [4.78, 5) is 0. The lowest BCUT2D eigenvalue weighted by Gasteiger charge is -2.39. The lowest BCUT2D eigenvalue weighted by molar-refractivity contribution is -0.927. The molecule has 0 aromatic rings. The maximum absolute atomic E-state index is 5.81. The molecular weight excluding hydrogens is 196 g/mol. The van der Waals surface area contributed by atoms with Crippen molar-refractivity contribution in [3.05, 3.63) is 0 Å². The molecule has 0 rings (SSSR count). The van der Waals surface area contributed by atoms with Gasteiger partial charge in [0.15, 0.2) is 0 Å². The molecule has 0 saturated carbocycles. The van der Waals surface area contributed by atoms with Crippen molar-refractivity contribution >= 4 is 0 Å². The van der Waals surface area contributed by atoms with E-state index < -0.39 is 0 Å². The second-order valence-electron chi connectivity index (χ2n) is 5.09. The van der Waals surface area contributed by atoms with Crippen molar-refractivity contribution < 1.29 is 4.48 Å². The van der Waals surface area contributed by atoms with Gasteiger partial charge >= 0.3 is 0 Å². The van der Waals surface area contributed by atoms with Crippen LogP contribution in [0.2, 0.25) is 0 Å². The van der Waals surface area contributed by atoms with Crippen LogP contribution in [0.1, 0.15) is 59.3 Å². The molecule has 0 heterocycles. The molecule has 0 fully saturated rings. The predicted octanol–water partition coefficient (Wildman–Crippen LogP) is 3.16. The van der Waals surface area contributed by atoms with Crippen molar-refractivity contribution in [1.82, 2.24) is 0 Å². The van der Waals surface area contributed by atoms with Crippen LogP contribution in [0.5, 0.6) is 0 Å². The van der Waals surface area contributed by atoms with Gasteiger partial charge in [-0.25, -0.2) is 0 Å². The lowest BCUT2D eigenvalue weighted by Crippen LogP contribution is -2.52. The highest BCUT2D eigenvalue weighted by Gasteiger charge is 2.24. The smallest absolute Gasteiger partial charge is 0.0911 e. The first-order valence-electron chi connectivity index (χ1n) is 7.29.